The van der Waals surface area contributed by atoms with Crippen LogP contribution in [0.15, 0.2) is 48.5 Å². The second-order valence-corrected chi connectivity index (χ2v) is 4.74. The molecule has 1 aliphatic heterocycles. The third-order valence-electron chi connectivity index (χ3n) is 3.47. The minimum Gasteiger partial charge on any atom is -0.454 e. The first kappa shape index (κ1) is 14.7. The van der Waals surface area contributed by atoms with Gasteiger partial charge in [0.25, 0.3) is 0 Å². The maximum atomic E-state index is 5.91. The van der Waals surface area contributed by atoms with Crippen LogP contribution in [0, 0.1) is 0 Å². The van der Waals surface area contributed by atoms with Crippen LogP contribution >= 0.6 is 12.4 Å². The number of hydrogen-bond donors (Lipinski definition) is 1. The normalized spacial score (nSPS) is 13.7. The molecule has 0 fully saturated rings. The molecule has 0 saturated carbocycles. The number of fused-ring (bicyclic) bond motifs is 1. The van der Waals surface area contributed by atoms with Crippen molar-refractivity contribution in [2.24, 2.45) is 5.73 Å². The second-order valence-electron chi connectivity index (χ2n) is 4.74. The standard InChI is InChI=1S/C16H17NO2.ClH/c17-10-14(13-4-2-1-3-5-13)8-12-6-7-15-16(9-12)19-11-18-15;/h1-7,9,14H,8,10-11,17H2;1H. The molecule has 1 aliphatic rings. The molecule has 1 unspecified atom stereocenters. The zero-order valence-corrected chi connectivity index (χ0v) is 11.9. The van der Waals surface area contributed by atoms with Crippen LogP contribution in [0.3, 0.4) is 0 Å². The van der Waals surface area contributed by atoms with E-state index in [0.717, 1.165) is 17.9 Å². The van der Waals surface area contributed by atoms with E-state index in [1.54, 1.807) is 0 Å². The predicted molar refractivity (Wildman–Crippen MR) is 81.8 cm³/mol. The summed E-state index contributed by atoms with van der Waals surface area (Å²) in [6, 6.07) is 16.5. The van der Waals surface area contributed by atoms with E-state index in [2.05, 4.69) is 30.3 Å². The van der Waals surface area contributed by atoms with Gasteiger partial charge in [-0.1, -0.05) is 36.4 Å². The molecule has 3 rings (SSSR count). The molecule has 2 aromatic rings. The fourth-order valence-electron chi connectivity index (χ4n) is 2.41. The Morgan fingerprint density at radius 1 is 1.00 bits per heavy atom. The molecule has 3 nitrogen and oxygen atoms in total. The largest absolute Gasteiger partial charge is 0.454 e. The van der Waals surface area contributed by atoms with Gasteiger partial charge >= 0.3 is 0 Å². The van der Waals surface area contributed by atoms with E-state index in [9.17, 15) is 0 Å². The van der Waals surface area contributed by atoms with Crippen molar-refractivity contribution >= 4 is 12.4 Å². The third-order valence-corrected chi connectivity index (χ3v) is 3.47. The highest BCUT2D eigenvalue weighted by atomic mass is 35.5. The molecule has 1 atom stereocenters. The summed E-state index contributed by atoms with van der Waals surface area (Å²) in [6.45, 7) is 0.955. The molecule has 2 N–H and O–H groups in total. The minimum atomic E-state index is 0. The van der Waals surface area contributed by atoms with Gasteiger partial charge in [-0.3, -0.25) is 0 Å². The van der Waals surface area contributed by atoms with Crippen molar-refractivity contribution in [3.63, 3.8) is 0 Å². The molecule has 2 aromatic carbocycles. The number of ether oxygens (including phenoxy) is 2. The van der Waals surface area contributed by atoms with Gasteiger partial charge in [0.15, 0.2) is 11.5 Å². The molecule has 1 heterocycles. The molecule has 0 radical (unpaired) electrons. The van der Waals surface area contributed by atoms with Crippen LogP contribution < -0.4 is 15.2 Å². The fraction of sp³-hybridized carbons (Fsp3) is 0.250. The van der Waals surface area contributed by atoms with Crippen LogP contribution in [-0.4, -0.2) is 13.3 Å². The van der Waals surface area contributed by atoms with Crippen molar-refractivity contribution < 1.29 is 9.47 Å². The number of halogens is 1. The SMILES string of the molecule is Cl.NCC(Cc1ccc2c(c1)OCO2)c1ccccc1. The topological polar surface area (TPSA) is 44.5 Å². The molecule has 106 valence electrons. The molecule has 20 heavy (non-hydrogen) atoms. The summed E-state index contributed by atoms with van der Waals surface area (Å²) < 4.78 is 10.7. The van der Waals surface area contributed by atoms with Crippen molar-refractivity contribution in [1.29, 1.82) is 0 Å². The third kappa shape index (κ3) is 3.06. The summed E-state index contributed by atoms with van der Waals surface area (Å²) in [5.74, 6) is 2.00. The molecule has 0 saturated heterocycles. The summed E-state index contributed by atoms with van der Waals surface area (Å²) in [5.41, 5.74) is 8.42. The molecule has 0 spiro atoms. The summed E-state index contributed by atoms with van der Waals surface area (Å²) in [7, 11) is 0. The minimum absolute atomic E-state index is 0. The molecule has 0 aliphatic carbocycles. The van der Waals surface area contributed by atoms with Crippen molar-refractivity contribution in [3.05, 3.63) is 59.7 Å². The number of rotatable bonds is 4. The Balaban J connectivity index is 0.00000147. The van der Waals surface area contributed by atoms with E-state index < -0.39 is 0 Å². The van der Waals surface area contributed by atoms with Gasteiger partial charge in [0, 0.05) is 5.92 Å². The Kier molecular flexibility index (Phi) is 4.88. The van der Waals surface area contributed by atoms with Gasteiger partial charge in [-0.15, -0.1) is 12.4 Å². The Morgan fingerprint density at radius 3 is 2.50 bits per heavy atom. The van der Waals surface area contributed by atoms with E-state index in [1.807, 2.05) is 18.2 Å². The zero-order chi connectivity index (χ0) is 13.1. The van der Waals surface area contributed by atoms with Crippen LogP contribution in [0.1, 0.15) is 17.0 Å². The first-order valence-corrected chi connectivity index (χ1v) is 6.50. The Labute approximate surface area is 125 Å². The molecule has 4 heteroatoms. The average Bonchev–Trinajstić information content (AvgIpc) is 2.93. The molecule has 0 amide bonds. The predicted octanol–water partition coefficient (Wildman–Crippen LogP) is 3.12. The van der Waals surface area contributed by atoms with E-state index in [-0.39, 0.29) is 12.4 Å². The number of benzene rings is 2. The quantitative estimate of drug-likeness (QED) is 0.941. The van der Waals surface area contributed by atoms with Gasteiger partial charge in [-0.2, -0.15) is 0 Å². The maximum absolute atomic E-state index is 5.91. The lowest BCUT2D eigenvalue weighted by atomic mass is 9.92. The lowest BCUT2D eigenvalue weighted by Gasteiger charge is -2.15. The van der Waals surface area contributed by atoms with E-state index in [1.165, 1.54) is 11.1 Å². The Morgan fingerprint density at radius 2 is 1.75 bits per heavy atom. The summed E-state index contributed by atoms with van der Waals surface area (Å²) >= 11 is 0. The monoisotopic (exact) mass is 291 g/mol. The smallest absolute Gasteiger partial charge is 0.231 e. The zero-order valence-electron chi connectivity index (χ0n) is 11.1. The van der Waals surface area contributed by atoms with Crippen LogP contribution in [0.25, 0.3) is 0 Å². The van der Waals surface area contributed by atoms with E-state index >= 15 is 0 Å². The van der Waals surface area contributed by atoms with Gasteiger partial charge in [0.05, 0.1) is 0 Å². The van der Waals surface area contributed by atoms with Gasteiger partial charge in [0.1, 0.15) is 0 Å². The lowest BCUT2D eigenvalue weighted by molar-refractivity contribution is 0.174. The Bertz CT molecular complexity index is 560. The van der Waals surface area contributed by atoms with Crippen LogP contribution in [-0.2, 0) is 6.42 Å². The highest BCUT2D eigenvalue weighted by Crippen LogP contribution is 2.33. The van der Waals surface area contributed by atoms with Crippen molar-refractivity contribution in [2.75, 3.05) is 13.3 Å². The summed E-state index contributed by atoms with van der Waals surface area (Å²) in [5, 5.41) is 0. The van der Waals surface area contributed by atoms with E-state index in [0.29, 0.717) is 19.3 Å². The first-order chi connectivity index (χ1) is 9.36. The second kappa shape index (κ2) is 6.64. The van der Waals surface area contributed by atoms with Crippen LogP contribution in [0.5, 0.6) is 11.5 Å². The molecule has 0 bridgehead atoms. The maximum Gasteiger partial charge on any atom is 0.231 e. The first-order valence-electron chi connectivity index (χ1n) is 6.50. The van der Waals surface area contributed by atoms with Crippen LogP contribution in [0.2, 0.25) is 0 Å². The van der Waals surface area contributed by atoms with Crippen LogP contribution in [0.4, 0.5) is 0 Å². The van der Waals surface area contributed by atoms with Gasteiger partial charge in [-0.25, -0.2) is 0 Å². The highest BCUT2D eigenvalue weighted by Gasteiger charge is 2.16. The highest BCUT2D eigenvalue weighted by molar-refractivity contribution is 5.85. The van der Waals surface area contributed by atoms with Gasteiger partial charge < -0.3 is 15.2 Å². The number of hydrogen-bond acceptors (Lipinski definition) is 3. The van der Waals surface area contributed by atoms with Gasteiger partial charge in [-0.05, 0) is 36.2 Å². The van der Waals surface area contributed by atoms with Gasteiger partial charge in [0.2, 0.25) is 6.79 Å². The fourth-order valence-corrected chi connectivity index (χ4v) is 2.41. The molecule has 0 aromatic heterocycles. The molecular formula is C16H18ClNO2. The van der Waals surface area contributed by atoms with Crippen molar-refractivity contribution in [2.45, 2.75) is 12.3 Å². The Hall–Kier alpha value is -1.71. The van der Waals surface area contributed by atoms with Crippen molar-refractivity contribution in [3.8, 4) is 11.5 Å². The van der Waals surface area contributed by atoms with Crippen molar-refractivity contribution in [1.82, 2.24) is 0 Å². The summed E-state index contributed by atoms with van der Waals surface area (Å²) in [4.78, 5) is 0. The average molecular weight is 292 g/mol. The molecular weight excluding hydrogens is 274 g/mol. The van der Waals surface area contributed by atoms with E-state index in [4.69, 9.17) is 15.2 Å². The summed E-state index contributed by atoms with van der Waals surface area (Å²) in [6.07, 6.45) is 0.914. The number of nitrogens with two attached hydrogens (primary N) is 1. The lowest BCUT2D eigenvalue weighted by Crippen LogP contribution is -2.14.